The fourth-order valence-electron chi connectivity index (χ4n) is 3.18. The third kappa shape index (κ3) is 7.13. The van der Waals surface area contributed by atoms with Crippen molar-refractivity contribution in [2.45, 2.75) is 46.0 Å². The molecule has 0 aliphatic heterocycles. The first-order chi connectivity index (χ1) is 14.8. The van der Waals surface area contributed by atoms with E-state index >= 15 is 0 Å². The molecule has 1 unspecified atom stereocenters. The molecule has 0 aliphatic rings. The standard InChI is InChI=1S/C24H32N4O3/c1-4-6-16-28(15-5-2)22(29)17(3)18-9-13-21(14-10-18)31-23(30)19-7-11-20(12-8-19)27-24(25)26/h7-14,17H,4-6,15-16H2,1-3H3,(H4,25,26,27). The highest BCUT2D eigenvalue weighted by atomic mass is 16.5. The van der Waals surface area contributed by atoms with Gasteiger partial charge in [-0.25, -0.2) is 9.79 Å². The summed E-state index contributed by atoms with van der Waals surface area (Å²) in [6.07, 6.45) is 2.99. The molecule has 1 atom stereocenters. The lowest BCUT2D eigenvalue weighted by atomic mass is 9.99. The van der Waals surface area contributed by atoms with E-state index in [9.17, 15) is 9.59 Å². The number of hydrogen-bond donors (Lipinski definition) is 2. The first-order valence-electron chi connectivity index (χ1n) is 10.7. The molecule has 0 radical (unpaired) electrons. The van der Waals surface area contributed by atoms with E-state index in [4.69, 9.17) is 16.2 Å². The van der Waals surface area contributed by atoms with Crippen molar-refractivity contribution in [1.82, 2.24) is 4.90 Å². The van der Waals surface area contributed by atoms with Crippen molar-refractivity contribution < 1.29 is 14.3 Å². The topological polar surface area (TPSA) is 111 Å². The minimum absolute atomic E-state index is 0.0497. The van der Waals surface area contributed by atoms with Crippen LogP contribution >= 0.6 is 0 Å². The van der Waals surface area contributed by atoms with Gasteiger partial charge < -0.3 is 21.1 Å². The van der Waals surface area contributed by atoms with E-state index in [1.807, 2.05) is 24.0 Å². The molecule has 0 aliphatic carbocycles. The van der Waals surface area contributed by atoms with Crippen molar-refractivity contribution in [3.8, 4) is 5.75 Å². The normalized spacial score (nSPS) is 11.5. The molecule has 0 fully saturated rings. The van der Waals surface area contributed by atoms with E-state index < -0.39 is 5.97 Å². The Morgan fingerprint density at radius 2 is 1.61 bits per heavy atom. The van der Waals surface area contributed by atoms with Crippen LogP contribution in [0.4, 0.5) is 5.69 Å². The predicted molar refractivity (Wildman–Crippen MR) is 124 cm³/mol. The molecule has 7 heteroatoms. The molecule has 0 aromatic heterocycles. The molecule has 0 bridgehead atoms. The Kier molecular flexibility index (Phi) is 9.06. The van der Waals surface area contributed by atoms with E-state index in [0.717, 1.165) is 37.9 Å². The van der Waals surface area contributed by atoms with Crippen LogP contribution in [0.1, 0.15) is 61.9 Å². The third-order valence-electron chi connectivity index (χ3n) is 4.91. The predicted octanol–water partition coefficient (Wildman–Crippen LogP) is 3.95. The molecule has 0 heterocycles. The van der Waals surface area contributed by atoms with Crippen LogP contribution in [0.2, 0.25) is 0 Å². The zero-order valence-electron chi connectivity index (χ0n) is 18.5. The van der Waals surface area contributed by atoms with Crippen LogP contribution in [-0.2, 0) is 4.79 Å². The monoisotopic (exact) mass is 424 g/mol. The van der Waals surface area contributed by atoms with Crippen molar-refractivity contribution in [2.24, 2.45) is 16.5 Å². The van der Waals surface area contributed by atoms with Gasteiger partial charge in [0.05, 0.1) is 17.2 Å². The number of ether oxygens (including phenoxy) is 1. The SMILES string of the molecule is CCCCN(CCC)C(=O)C(C)c1ccc(OC(=O)c2ccc(N=C(N)N)cc2)cc1. The minimum Gasteiger partial charge on any atom is -0.423 e. The van der Waals surface area contributed by atoms with Crippen molar-refractivity contribution in [3.05, 3.63) is 59.7 Å². The maximum absolute atomic E-state index is 12.9. The number of benzene rings is 2. The van der Waals surface area contributed by atoms with Gasteiger partial charge in [-0.3, -0.25) is 4.79 Å². The molecule has 0 spiro atoms. The van der Waals surface area contributed by atoms with Gasteiger partial charge in [0.2, 0.25) is 5.91 Å². The van der Waals surface area contributed by atoms with Crippen LogP contribution in [0, 0.1) is 0 Å². The van der Waals surface area contributed by atoms with Gasteiger partial charge in [0.25, 0.3) is 0 Å². The number of hydrogen-bond acceptors (Lipinski definition) is 4. The number of rotatable bonds is 10. The van der Waals surface area contributed by atoms with E-state index in [1.54, 1.807) is 36.4 Å². The highest BCUT2D eigenvalue weighted by Gasteiger charge is 2.21. The zero-order chi connectivity index (χ0) is 22.8. The molecular weight excluding hydrogens is 392 g/mol. The summed E-state index contributed by atoms with van der Waals surface area (Å²) in [5.41, 5.74) is 12.5. The number of unbranched alkanes of at least 4 members (excludes halogenated alkanes) is 1. The first-order valence-corrected chi connectivity index (χ1v) is 10.7. The smallest absolute Gasteiger partial charge is 0.343 e. The summed E-state index contributed by atoms with van der Waals surface area (Å²) in [5.74, 6) is -0.247. The van der Waals surface area contributed by atoms with Crippen LogP contribution in [0.15, 0.2) is 53.5 Å². The maximum atomic E-state index is 12.9. The van der Waals surface area contributed by atoms with Crippen LogP contribution in [0.5, 0.6) is 5.75 Å². The van der Waals surface area contributed by atoms with Gasteiger partial charge in [-0.2, -0.15) is 0 Å². The average molecular weight is 425 g/mol. The molecule has 31 heavy (non-hydrogen) atoms. The van der Waals surface area contributed by atoms with Gasteiger partial charge in [-0.15, -0.1) is 0 Å². The van der Waals surface area contributed by atoms with Gasteiger partial charge in [-0.1, -0.05) is 32.4 Å². The second-order valence-corrected chi connectivity index (χ2v) is 7.44. The van der Waals surface area contributed by atoms with Gasteiger partial charge in [0.15, 0.2) is 5.96 Å². The van der Waals surface area contributed by atoms with E-state index in [0.29, 0.717) is 17.0 Å². The summed E-state index contributed by atoms with van der Waals surface area (Å²) < 4.78 is 5.44. The maximum Gasteiger partial charge on any atom is 0.343 e. The number of carbonyl (C=O) groups is 2. The molecule has 7 nitrogen and oxygen atoms in total. The van der Waals surface area contributed by atoms with Gasteiger partial charge >= 0.3 is 5.97 Å². The summed E-state index contributed by atoms with van der Waals surface area (Å²) in [6.45, 7) is 7.66. The van der Waals surface area contributed by atoms with Crippen molar-refractivity contribution in [1.29, 1.82) is 0 Å². The highest BCUT2D eigenvalue weighted by molar-refractivity contribution is 5.91. The number of aliphatic imine (C=N–C) groups is 1. The Morgan fingerprint density at radius 3 is 2.16 bits per heavy atom. The quantitative estimate of drug-likeness (QED) is 0.260. The Labute approximate surface area is 184 Å². The van der Waals surface area contributed by atoms with Crippen LogP contribution in [0.25, 0.3) is 0 Å². The summed E-state index contributed by atoms with van der Waals surface area (Å²) >= 11 is 0. The molecule has 2 aromatic carbocycles. The Hall–Kier alpha value is -3.35. The second-order valence-electron chi connectivity index (χ2n) is 7.44. The summed E-state index contributed by atoms with van der Waals surface area (Å²) in [7, 11) is 0. The lowest BCUT2D eigenvalue weighted by molar-refractivity contribution is -0.132. The van der Waals surface area contributed by atoms with Crippen molar-refractivity contribution >= 4 is 23.5 Å². The fourth-order valence-corrected chi connectivity index (χ4v) is 3.18. The Bertz CT molecular complexity index is 888. The Balaban J connectivity index is 2.02. The zero-order valence-corrected chi connectivity index (χ0v) is 18.5. The molecule has 166 valence electrons. The number of guanidine groups is 1. The van der Waals surface area contributed by atoms with E-state index in [-0.39, 0.29) is 17.8 Å². The molecular formula is C24H32N4O3. The minimum atomic E-state index is -0.484. The van der Waals surface area contributed by atoms with E-state index in [1.165, 1.54) is 0 Å². The first kappa shape index (κ1) is 23.9. The molecule has 0 saturated carbocycles. The fraction of sp³-hybridized carbons (Fsp3) is 0.375. The lowest BCUT2D eigenvalue weighted by Crippen LogP contribution is -2.35. The summed E-state index contributed by atoms with van der Waals surface area (Å²) in [5, 5.41) is 0. The lowest BCUT2D eigenvalue weighted by Gasteiger charge is -2.25. The third-order valence-corrected chi connectivity index (χ3v) is 4.91. The number of nitrogens with zero attached hydrogens (tertiary/aromatic N) is 2. The molecule has 1 amide bonds. The second kappa shape index (κ2) is 11.7. The van der Waals surface area contributed by atoms with Crippen LogP contribution in [-0.4, -0.2) is 35.8 Å². The molecule has 2 aromatic rings. The van der Waals surface area contributed by atoms with Crippen molar-refractivity contribution in [2.75, 3.05) is 13.1 Å². The molecule has 4 N–H and O–H groups in total. The van der Waals surface area contributed by atoms with Gasteiger partial charge in [0.1, 0.15) is 5.75 Å². The summed E-state index contributed by atoms with van der Waals surface area (Å²) in [4.78, 5) is 31.1. The highest BCUT2D eigenvalue weighted by Crippen LogP contribution is 2.23. The number of esters is 1. The number of carbonyl (C=O) groups excluding carboxylic acids is 2. The van der Waals surface area contributed by atoms with E-state index in [2.05, 4.69) is 18.8 Å². The van der Waals surface area contributed by atoms with Gasteiger partial charge in [-0.05, 0) is 61.7 Å². The average Bonchev–Trinajstić information content (AvgIpc) is 2.76. The van der Waals surface area contributed by atoms with Gasteiger partial charge in [0, 0.05) is 13.1 Å². The summed E-state index contributed by atoms with van der Waals surface area (Å²) in [6, 6.07) is 13.5. The number of amides is 1. The van der Waals surface area contributed by atoms with Crippen molar-refractivity contribution in [3.63, 3.8) is 0 Å². The Morgan fingerprint density at radius 1 is 0.968 bits per heavy atom. The van der Waals surface area contributed by atoms with Crippen LogP contribution < -0.4 is 16.2 Å². The number of nitrogens with two attached hydrogens (primary N) is 2. The largest absolute Gasteiger partial charge is 0.423 e. The molecule has 0 saturated heterocycles. The van der Waals surface area contributed by atoms with Crippen LogP contribution in [0.3, 0.4) is 0 Å². The molecule has 2 rings (SSSR count).